The Balaban J connectivity index is 1.38. The fourth-order valence-corrected chi connectivity index (χ4v) is 5.52. The first-order valence-electron chi connectivity index (χ1n) is 10.8. The van der Waals surface area contributed by atoms with Crippen LogP contribution in [0.2, 0.25) is 0 Å². The van der Waals surface area contributed by atoms with Crippen LogP contribution in [0.1, 0.15) is 45.6 Å². The third-order valence-corrected chi connectivity index (χ3v) is 7.41. The second kappa shape index (κ2) is 8.44. The van der Waals surface area contributed by atoms with Gasteiger partial charge in [0, 0.05) is 23.5 Å². The molecule has 0 radical (unpaired) electrons. The summed E-state index contributed by atoms with van der Waals surface area (Å²) in [6, 6.07) is 6.82. The van der Waals surface area contributed by atoms with Gasteiger partial charge in [-0.15, -0.1) is 11.3 Å². The van der Waals surface area contributed by atoms with Gasteiger partial charge >= 0.3 is 5.97 Å². The predicted octanol–water partition coefficient (Wildman–Crippen LogP) is 2.77. The highest BCUT2D eigenvalue weighted by atomic mass is 32.1. The van der Waals surface area contributed by atoms with E-state index in [4.69, 9.17) is 14.2 Å². The number of carbonyl (C=O) groups is 3. The lowest BCUT2D eigenvalue weighted by Crippen LogP contribution is -2.58. The first-order valence-corrected chi connectivity index (χ1v) is 11.6. The van der Waals surface area contributed by atoms with Crippen molar-refractivity contribution in [1.29, 1.82) is 0 Å². The molecule has 2 N–H and O–H groups in total. The van der Waals surface area contributed by atoms with Crippen LogP contribution in [0.3, 0.4) is 0 Å². The molecule has 1 aromatic heterocycles. The summed E-state index contributed by atoms with van der Waals surface area (Å²) >= 11 is 1.47. The summed E-state index contributed by atoms with van der Waals surface area (Å²) in [6.45, 7) is 0.687. The van der Waals surface area contributed by atoms with E-state index >= 15 is 0 Å². The second-order valence-electron chi connectivity index (χ2n) is 8.38. The van der Waals surface area contributed by atoms with Crippen molar-refractivity contribution in [3.63, 3.8) is 0 Å². The Bertz CT molecular complexity index is 1120. The Morgan fingerprint density at radius 2 is 2.12 bits per heavy atom. The van der Waals surface area contributed by atoms with Gasteiger partial charge in [-0.2, -0.15) is 0 Å². The van der Waals surface area contributed by atoms with Crippen LogP contribution < -0.4 is 10.1 Å². The third kappa shape index (κ3) is 3.77. The van der Waals surface area contributed by atoms with Crippen LogP contribution >= 0.6 is 11.3 Å². The summed E-state index contributed by atoms with van der Waals surface area (Å²) in [5.74, 6) is -2.33. The Labute approximate surface area is 194 Å². The first kappa shape index (κ1) is 21.9. The fourth-order valence-electron chi connectivity index (χ4n) is 4.49. The number of fused-ring (bicyclic) bond motifs is 2. The van der Waals surface area contributed by atoms with Gasteiger partial charge in [0.05, 0.1) is 25.3 Å². The van der Waals surface area contributed by atoms with Crippen LogP contribution in [-0.4, -0.2) is 53.3 Å². The van der Waals surface area contributed by atoms with Crippen molar-refractivity contribution in [2.24, 2.45) is 0 Å². The number of hydrogen-bond donors (Lipinski definition) is 2. The van der Waals surface area contributed by atoms with Gasteiger partial charge in [-0.1, -0.05) is 6.07 Å². The maximum Gasteiger partial charge on any atom is 0.346 e. The molecule has 3 aliphatic heterocycles. The van der Waals surface area contributed by atoms with E-state index in [1.807, 2.05) is 6.07 Å². The molecule has 1 aromatic carbocycles. The highest BCUT2D eigenvalue weighted by molar-refractivity contribution is 7.16. The molecular weight excluding hydrogens is 448 g/mol. The number of nitrogens with zero attached hydrogens (tertiary/aromatic N) is 1. The van der Waals surface area contributed by atoms with Crippen LogP contribution in [0.4, 0.5) is 5.00 Å². The van der Waals surface area contributed by atoms with Crippen molar-refractivity contribution < 1.29 is 33.7 Å². The molecule has 2 unspecified atom stereocenters. The number of carboxylic acid groups (broad SMARTS) is 1. The zero-order valence-electron chi connectivity index (χ0n) is 18.1. The minimum Gasteiger partial charge on any atom is -0.497 e. The number of aliphatic carboxylic acids is 1. The quantitative estimate of drug-likeness (QED) is 0.504. The summed E-state index contributed by atoms with van der Waals surface area (Å²) in [4.78, 5) is 40.6. The van der Waals surface area contributed by atoms with Gasteiger partial charge in [0.1, 0.15) is 12.0 Å². The molecule has 174 valence electrons. The van der Waals surface area contributed by atoms with E-state index in [-0.39, 0.29) is 25.8 Å². The molecule has 0 aliphatic carbocycles. The number of carbonyl (C=O) groups excluding carboxylic acids is 2. The molecule has 2 amide bonds. The molecule has 5 rings (SSSR count). The molecule has 2 aromatic rings. The van der Waals surface area contributed by atoms with E-state index in [0.29, 0.717) is 23.5 Å². The van der Waals surface area contributed by atoms with Crippen LogP contribution in [0.5, 0.6) is 5.75 Å². The predicted molar refractivity (Wildman–Crippen MR) is 118 cm³/mol. The van der Waals surface area contributed by atoms with Crippen molar-refractivity contribution in [3.05, 3.63) is 45.8 Å². The lowest BCUT2D eigenvalue weighted by Gasteiger charge is -2.34. The largest absolute Gasteiger partial charge is 0.497 e. The summed E-state index contributed by atoms with van der Waals surface area (Å²) in [6.07, 6.45) is 2.80. The van der Waals surface area contributed by atoms with E-state index in [2.05, 4.69) is 5.32 Å². The Morgan fingerprint density at radius 1 is 1.27 bits per heavy atom. The van der Waals surface area contributed by atoms with Gasteiger partial charge in [-0.3, -0.25) is 14.5 Å². The first-order chi connectivity index (χ1) is 15.9. The van der Waals surface area contributed by atoms with Gasteiger partial charge in [0.25, 0.3) is 11.8 Å². The average molecular weight is 473 g/mol. The maximum absolute atomic E-state index is 13.5. The topological polar surface area (TPSA) is 114 Å². The molecule has 9 nitrogen and oxygen atoms in total. The lowest BCUT2D eigenvalue weighted by molar-refractivity contribution is -0.181. The van der Waals surface area contributed by atoms with Crippen molar-refractivity contribution in [1.82, 2.24) is 4.90 Å². The van der Waals surface area contributed by atoms with Gasteiger partial charge in [0.15, 0.2) is 0 Å². The number of imide groups is 1. The normalized spacial score (nSPS) is 24.2. The number of methoxy groups -OCH3 is 1. The number of amides is 2. The maximum atomic E-state index is 13.5. The van der Waals surface area contributed by atoms with Crippen molar-refractivity contribution >= 4 is 34.1 Å². The smallest absolute Gasteiger partial charge is 0.346 e. The number of hydrogen-bond acceptors (Lipinski definition) is 8. The number of thiophene rings is 1. The van der Waals surface area contributed by atoms with Crippen LogP contribution in [-0.2, 0) is 38.6 Å². The molecule has 1 saturated heterocycles. The molecule has 4 heterocycles. The summed E-state index contributed by atoms with van der Waals surface area (Å²) in [5, 5.41) is 14.3. The Hall–Kier alpha value is -2.95. The standard InChI is InChI=1S/C23H24N2O7S/c1-30-15-6-5-13-11-25(20(26)16(13)9-15)21(27)23(22(28)29)10-14-8-19(33-17(14)12-32-23)24-18-4-2-3-7-31-18/h5-6,8-9,18,24H,2-4,7,10-12H2,1H3,(H,28,29). The third-order valence-electron chi connectivity index (χ3n) is 6.33. The van der Waals surface area contributed by atoms with E-state index in [0.717, 1.165) is 39.6 Å². The lowest BCUT2D eigenvalue weighted by atomic mass is 9.90. The Kier molecular flexibility index (Phi) is 5.59. The fraction of sp³-hybridized carbons (Fsp3) is 0.435. The van der Waals surface area contributed by atoms with Crippen LogP contribution in [0, 0.1) is 0 Å². The molecule has 33 heavy (non-hydrogen) atoms. The Morgan fingerprint density at radius 3 is 2.85 bits per heavy atom. The molecule has 1 fully saturated rings. The van der Waals surface area contributed by atoms with E-state index in [1.54, 1.807) is 18.2 Å². The summed E-state index contributed by atoms with van der Waals surface area (Å²) < 4.78 is 16.6. The van der Waals surface area contributed by atoms with E-state index < -0.39 is 23.4 Å². The minimum atomic E-state index is -2.16. The molecular formula is C23H24N2O7S. The van der Waals surface area contributed by atoms with E-state index in [9.17, 15) is 19.5 Å². The monoisotopic (exact) mass is 472 g/mol. The number of anilines is 1. The summed E-state index contributed by atoms with van der Waals surface area (Å²) in [5.41, 5.74) is -0.463. The van der Waals surface area contributed by atoms with E-state index in [1.165, 1.54) is 18.4 Å². The number of rotatable bonds is 5. The number of nitrogens with one attached hydrogen (secondary N) is 1. The molecule has 3 aliphatic rings. The number of benzene rings is 1. The van der Waals surface area contributed by atoms with Crippen molar-refractivity contribution in [3.8, 4) is 5.75 Å². The molecule has 10 heteroatoms. The summed E-state index contributed by atoms with van der Waals surface area (Å²) in [7, 11) is 1.49. The molecule has 0 spiro atoms. The SMILES string of the molecule is COc1ccc2c(c1)C(=O)N(C(=O)C1(C(=O)O)Cc3cc(NC4CCCCO4)sc3CO1)C2. The van der Waals surface area contributed by atoms with Gasteiger partial charge in [-0.25, -0.2) is 4.79 Å². The van der Waals surface area contributed by atoms with Gasteiger partial charge in [0.2, 0.25) is 5.60 Å². The van der Waals surface area contributed by atoms with Crippen LogP contribution in [0.15, 0.2) is 24.3 Å². The van der Waals surface area contributed by atoms with Crippen LogP contribution in [0.25, 0.3) is 0 Å². The highest BCUT2D eigenvalue weighted by Gasteiger charge is 2.54. The highest BCUT2D eigenvalue weighted by Crippen LogP contribution is 2.39. The zero-order chi connectivity index (χ0) is 23.2. The van der Waals surface area contributed by atoms with Gasteiger partial charge < -0.3 is 24.6 Å². The second-order valence-corrected chi connectivity index (χ2v) is 9.51. The minimum absolute atomic E-state index is 0.00228. The molecule has 0 saturated carbocycles. The zero-order valence-corrected chi connectivity index (χ0v) is 18.9. The number of ether oxygens (including phenoxy) is 3. The molecule has 0 bridgehead atoms. The number of carboxylic acids is 1. The average Bonchev–Trinajstić information content (AvgIpc) is 3.38. The molecule has 2 atom stereocenters. The van der Waals surface area contributed by atoms with Crippen molar-refractivity contribution in [2.75, 3.05) is 19.0 Å². The van der Waals surface area contributed by atoms with Crippen molar-refractivity contribution in [2.45, 2.75) is 50.7 Å². The van der Waals surface area contributed by atoms with Gasteiger partial charge in [-0.05, 0) is 48.6 Å².